The van der Waals surface area contributed by atoms with E-state index in [1.807, 2.05) is 13.8 Å². The number of carboxylic acid groups (broad SMARTS) is 1. The van der Waals surface area contributed by atoms with Crippen molar-refractivity contribution < 1.29 is 19.4 Å². The molecule has 0 spiro atoms. The van der Waals surface area contributed by atoms with Crippen LogP contribution in [0.4, 0.5) is 0 Å². The van der Waals surface area contributed by atoms with Crippen molar-refractivity contribution >= 4 is 18.0 Å². The number of pyridine rings is 1. The van der Waals surface area contributed by atoms with E-state index in [-0.39, 0.29) is 23.8 Å². The molecule has 112 valence electrons. The number of rotatable bonds is 3. The van der Waals surface area contributed by atoms with Crippen LogP contribution in [0.2, 0.25) is 0 Å². The predicted octanol–water partition coefficient (Wildman–Crippen LogP) is 1.43. The third-order valence-electron chi connectivity index (χ3n) is 3.15. The number of carbonyl (C=O) groups excluding carboxylic acids is 1. The number of aliphatic carboxylic acids is 1. The first-order chi connectivity index (χ1) is 9.97. The standard InChI is InChI=1S/C15H18N2O4/c1-10-8-17(9-11(2)21-10)15(20)14-12(4-3-7-16-14)5-6-13(18)19/h3-7,10-11H,8-9H2,1-2H3,(H,18,19)/b6-5+/t10-,11+. The van der Waals surface area contributed by atoms with Gasteiger partial charge in [0.1, 0.15) is 5.69 Å². The summed E-state index contributed by atoms with van der Waals surface area (Å²) in [7, 11) is 0. The Labute approximate surface area is 123 Å². The van der Waals surface area contributed by atoms with Crippen LogP contribution in [0.5, 0.6) is 0 Å². The predicted molar refractivity (Wildman–Crippen MR) is 76.8 cm³/mol. The number of aromatic nitrogens is 1. The zero-order valence-electron chi connectivity index (χ0n) is 12.0. The van der Waals surface area contributed by atoms with E-state index in [0.717, 1.165) is 6.08 Å². The molecule has 1 fully saturated rings. The summed E-state index contributed by atoms with van der Waals surface area (Å²) in [6.45, 7) is 4.84. The summed E-state index contributed by atoms with van der Waals surface area (Å²) in [6.07, 6.45) is 3.85. The zero-order valence-corrected chi connectivity index (χ0v) is 12.0. The molecule has 0 aliphatic carbocycles. The van der Waals surface area contributed by atoms with E-state index in [1.165, 1.54) is 12.3 Å². The summed E-state index contributed by atoms with van der Waals surface area (Å²) < 4.78 is 5.61. The summed E-state index contributed by atoms with van der Waals surface area (Å²) in [5.41, 5.74) is 0.757. The Morgan fingerprint density at radius 2 is 2.05 bits per heavy atom. The van der Waals surface area contributed by atoms with Crippen LogP contribution in [0.25, 0.3) is 6.08 Å². The zero-order chi connectivity index (χ0) is 15.4. The van der Waals surface area contributed by atoms with Gasteiger partial charge in [-0.05, 0) is 26.0 Å². The van der Waals surface area contributed by atoms with Crippen molar-refractivity contribution in [3.63, 3.8) is 0 Å². The van der Waals surface area contributed by atoms with Crippen molar-refractivity contribution in [1.82, 2.24) is 9.88 Å². The van der Waals surface area contributed by atoms with Crippen LogP contribution in [0.3, 0.4) is 0 Å². The monoisotopic (exact) mass is 290 g/mol. The molecule has 1 N–H and O–H groups in total. The van der Waals surface area contributed by atoms with E-state index in [1.54, 1.807) is 17.0 Å². The second-order valence-corrected chi connectivity index (χ2v) is 5.08. The Morgan fingerprint density at radius 3 is 2.67 bits per heavy atom. The largest absolute Gasteiger partial charge is 0.478 e. The van der Waals surface area contributed by atoms with Gasteiger partial charge in [0, 0.05) is 30.9 Å². The summed E-state index contributed by atoms with van der Waals surface area (Å²) in [4.78, 5) is 29.0. The first kappa shape index (κ1) is 15.2. The molecule has 0 radical (unpaired) electrons. The molecule has 2 heterocycles. The second-order valence-electron chi connectivity index (χ2n) is 5.08. The van der Waals surface area contributed by atoms with Gasteiger partial charge in [0.15, 0.2) is 0 Å². The van der Waals surface area contributed by atoms with Crippen LogP contribution in [-0.4, -0.2) is 52.2 Å². The Balaban J connectivity index is 2.24. The summed E-state index contributed by atoms with van der Waals surface area (Å²) in [5.74, 6) is -1.27. The third-order valence-corrected chi connectivity index (χ3v) is 3.15. The van der Waals surface area contributed by atoms with E-state index < -0.39 is 5.97 Å². The molecule has 6 heteroatoms. The number of morpholine rings is 1. The fraction of sp³-hybridized carbons (Fsp3) is 0.400. The average Bonchev–Trinajstić information content (AvgIpc) is 2.43. The molecular formula is C15H18N2O4. The van der Waals surface area contributed by atoms with Crippen molar-refractivity contribution in [1.29, 1.82) is 0 Å². The molecule has 1 aromatic heterocycles. The van der Waals surface area contributed by atoms with Gasteiger partial charge in [-0.15, -0.1) is 0 Å². The second kappa shape index (κ2) is 6.49. The molecule has 2 atom stereocenters. The molecule has 1 amide bonds. The van der Waals surface area contributed by atoms with Crippen LogP contribution < -0.4 is 0 Å². The summed E-state index contributed by atoms with van der Waals surface area (Å²) in [6, 6.07) is 3.34. The molecule has 1 aliphatic rings. The SMILES string of the molecule is C[C@@H]1CN(C(=O)c2ncccc2/C=C/C(=O)O)C[C@H](C)O1. The Kier molecular flexibility index (Phi) is 4.70. The van der Waals surface area contributed by atoms with Crippen molar-refractivity contribution in [3.05, 3.63) is 35.7 Å². The van der Waals surface area contributed by atoms with Gasteiger partial charge in [-0.25, -0.2) is 4.79 Å². The Morgan fingerprint density at radius 1 is 1.38 bits per heavy atom. The minimum Gasteiger partial charge on any atom is -0.478 e. The number of carbonyl (C=O) groups is 2. The molecule has 0 saturated carbocycles. The molecule has 0 aromatic carbocycles. The highest BCUT2D eigenvalue weighted by molar-refractivity contribution is 5.97. The first-order valence-corrected chi connectivity index (χ1v) is 6.78. The van der Waals surface area contributed by atoms with Crippen LogP contribution in [0.1, 0.15) is 29.9 Å². The minimum atomic E-state index is -1.06. The first-order valence-electron chi connectivity index (χ1n) is 6.78. The molecule has 1 saturated heterocycles. The molecule has 0 bridgehead atoms. The number of amides is 1. The van der Waals surface area contributed by atoms with Crippen molar-refractivity contribution in [2.45, 2.75) is 26.1 Å². The lowest BCUT2D eigenvalue weighted by molar-refractivity contribution is -0.131. The quantitative estimate of drug-likeness (QED) is 0.852. The van der Waals surface area contributed by atoms with Gasteiger partial charge in [0.2, 0.25) is 0 Å². The maximum Gasteiger partial charge on any atom is 0.328 e. The number of hydrogen-bond acceptors (Lipinski definition) is 4. The fourth-order valence-corrected chi connectivity index (χ4v) is 2.39. The van der Waals surface area contributed by atoms with E-state index in [9.17, 15) is 9.59 Å². The molecule has 6 nitrogen and oxygen atoms in total. The molecule has 21 heavy (non-hydrogen) atoms. The van der Waals surface area contributed by atoms with Gasteiger partial charge in [-0.2, -0.15) is 0 Å². The number of ether oxygens (including phenoxy) is 1. The lowest BCUT2D eigenvalue weighted by atomic mass is 10.1. The van der Waals surface area contributed by atoms with Gasteiger partial charge in [0.05, 0.1) is 12.2 Å². The van der Waals surface area contributed by atoms with Gasteiger partial charge in [-0.1, -0.05) is 6.07 Å². The maximum absolute atomic E-state index is 12.6. The molecule has 0 unspecified atom stereocenters. The highest BCUT2D eigenvalue weighted by Gasteiger charge is 2.28. The maximum atomic E-state index is 12.6. The topological polar surface area (TPSA) is 79.7 Å². The van der Waals surface area contributed by atoms with Crippen LogP contribution >= 0.6 is 0 Å². The lowest BCUT2D eigenvalue weighted by Crippen LogP contribution is -2.48. The normalized spacial score (nSPS) is 22.5. The van der Waals surface area contributed by atoms with Gasteiger partial charge in [0.25, 0.3) is 5.91 Å². The number of carboxylic acids is 1. The molecule has 1 aromatic rings. The summed E-state index contributed by atoms with van der Waals surface area (Å²) >= 11 is 0. The lowest BCUT2D eigenvalue weighted by Gasteiger charge is -2.35. The number of nitrogens with zero attached hydrogens (tertiary/aromatic N) is 2. The molecule has 2 rings (SSSR count). The minimum absolute atomic E-state index is 0.0283. The highest BCUT2D eigenvalue weighted by atomic mass is 16.5. The highest BCUT2D eigenvalue weighted by Crippen LogP contribution is 2.16. The van der Waals surface area contributed by atoms with Gasteiger partial charge >= 0.3 is 5.97 Å². The van der Waals surface area contributed by atoms with E-state index in [2.05, 4.69) is 4.98 Å². The van der Waals surface area contributed by atoms with Crippen LogP contribution in [0.15, 0.2) is 24.4 Å². The fourth-order valence-electron chi connectivity index (χ4n) is 2.39. The smallest absolute Gasteiger partial charge is 0.328 e. The van der Waals surface area contributed by atoms with Gasteiger partial charge < -0.3 is 14.7 Å². The molecule has 1 aliphatic heterocycles. The number of hydrogen-bond donors (Lipinski definition) is 1. The average molecular weight is 290 g/mol. The van der Waals surface area contributed by atoms with Gasteiger partial charge in [-0.3, -0.25) is 9.78 Å². The summed E-state index contributed by atoms with van der Waals surface area (Å²) in [5, 5.41) is 8.70. The van der Waals surface area contributed by atoms with E-state index in [4.69, 9.17) is 9.84 Å². The van der Waals surface area contributed by atoms with Crippen LogP contribution in [-0.2, 0) is 9.53 Å². The van der Waals surface area contributed by atoms with Crippen molar-refractivity contribution in [2.24, 2.45) is 0 Å². The molecular weight excluding hydrogens is 272 g/mol. The van der Waals surface area contributed by atoms with Crippen molar-refractivity contribution in [3.8, 4) is 0 Å². The Hall–Kier alpha value is -2.21. The van der Waals surface area contributed by atoms with Crippen LogP contribution in [0, 0.1) is 0 Å². The third kappa shape index (κ3) is 3.88. The Bertz CT molecular complexity index is 561. The van der Waals surface area contributed by atoms with E-state index >= 15 is 0 Å². The van der Waals surface area contributed by atoms with E-state index in [0.29, 0.717) is 18.7 Å². The van der Waals surface area contributed by atoms with Crippen molar-refractivity contribution in [2.75, 3.05) is 13.1 Å².